The van der Waals surface area contributed by atoms with Crippen LogP contribution < -0.4 is 0 Å². The number of nitro groups is 1. The van der Waals surface area contributed by atoms with Gasteiger partial charge in [0.05, 0.1) is 9.40 Å². The van der Waals surface area contributed by atoms with Crippen LogP contribution in [-0.2, 0) is 4.74 Å². The minimum Gasteiger partial charge on any atom is -0.388 e. The molecular weight excluding hydrogens is 262 g/mol. The van der Waals surface area contributed by atoms with E-state index in [0.717, 1.165) is 0 Å². The molecule has 0 unspecified atom stereocenters. The lowest BCUT2D eigenvalue weighted by atomic mass is 10.3. The fourth-order valence-electron chi connectivity index (χ4n) is 0.600. The first-order chi connectivity index (χ1) is 7.13. The van der Waals surface area contributed by atoms with E-state index in [-0.39, 0.29) is 5.69 Å². The van der Waals surface area contributed by atoms with Crippen LogP contribution >= 0.6 is 15.9 Å². The van der Waals surface area contributed by atoms with Crippen molar-refractivity contribution in [3.63, 3.8) is 0 Å². The molecule has 1 aromatic carbocycles. The number of halogens is 1. The first-order valence-corrected chi connectivity index (χ1v) is 5.21. The summed E-state index contributed by atoms with van der Waals surface area (Å²) in [5, 5.41) is 10.2. The molecule has 4 nitrogen and oxygen atoms in total. The molecule has 0 saturated carbocycles. The number of ether oxygens (including phenoxy) is 1. The smallest absolute Gasteiger partial charge is 0.283 e. The Bertz CT molecular complexity index is 279. The van der Waals surface area contributed by atoms with Gasteiger partial charge in [0.25, 0.3) is 5.69 Å². The SMILES string of the molecule is CC.COC.O=[N+]([O-])c1ccccc1Br. The maximum Gasteiger partial charge on any atom is 0.283 e. The summed E-state index contributed by atoms with van der Waals surface area (Å²) < 4.78 is 4.76. The Labute approximate surface area is 98.5 Å². The Morgan fingerprint density at radius 2 is 1.67 bits per heavy atom. The van der Waals surface area contributed by atoms with Crippen molar-refractivity contribution in [2.24, 2.45) is 0 Å². The first-order valence-electron chi connectivity index (χ1n) is 4.42. The molecule has 5 heteroatoms. The number of para-hydroxylation sites is 1. The second-order valence-electron chi connectivity index (χ2n) is 2.12. The largest absolute Gasteiger partial charge is 0.388 e. The summed E-state index contributed by atoms with van der Waals surface area (Å²) in [6.07, 6.45) is 0. The van der Waals surface area contributed by atoms with Gasteiger partial charge in [-0.2, -0.15) is 0 Å². The monoisotopic (exact) mass is 277 g/mol. The molecule has 0 spiro atoms. The average Bonchev–Trinajstić information content (AvgIpc) is 2.22. The van der Waals surface area contributed by atoms with Gasteiger partial charge in [0.1, 0.15) is 0 Å². The topological polar surface area (TPSA) is 52.4 Å². The molecule has 0 amide bonds. The van der Waals surface area contributed by atoms with Gasteiger partial charge in [0.2, 0.25) is 0 Å². The molecule has 86 valence electrons. The van der Waals surface area contributed by atoms with Crippen molar-refractivity contribution < 1.29 is 9.66 Å². The first kappa shape index (κ1) is 16.5. The molecule has 1 aromatic rings. The molecule has 0 saturated heterocycles. The highest BCUT2D eigenvalue weighted by atomic mass is 79.9. The highest BCUT2D eigenvalue weighted by molar-refractivity contribution is 9.10. The highest BCUT2D eigenvalue weighted by Crippen LogP contribution is 2.22. The summed E-state index contributed by atoms with van der Waals surface area (Å²) in [4.78, 5) is 9.77. The third-order valence-electron chi connectivity index (χ3n) is 1.05. The van der Waals surface area contributed by atoms with E-state index in [0.29, 0.717) is 4.47 Å². The van der Waals surface area contributed by atoms with Crippen LogP contribution in [0.15, 0.2) is 28.7 Å². The van der Waals surface area contributed by atoms with Crippen LogP contribution in [0.5, 0.6) is 0 Å². The zero-order valence-electron chi connectivity index (χ0n) is 9.36. The van der Waals surface area contributed by atoms with Crippen molar-refractivity contribution in [3.05, 3.63) is 38.9 Å². The van der Waals surface area contributed by atoms with Crippen LogP contribution in [0, 0.1) is 10.1 Å². The number of rotatable bonds is 1. The predicted octanol–water partition coefficient (Wildman–Crippen LogP) is 3.65. The quantitative estimate of drug-likeness (QED) is 0.582. The minimum absolute atomic E-state index is 0.0995. The fraction of sp³-hybridized carbons (Fsp3) is 0.400. The molecule has 0 aromatic heterocycles. The highest BCUT2D eigenvalue weighted by Gasteiger charge is 2.07. The maximum absolute atomic E-state index is 10.2. The van der Waals surface area contributed by atoms with Crippen LogP contribution in [0.2, 0.25) is 0 Å². The summed E-state index contributed by atoms with van der Waals surface area (Å²) in [5.74, 6) is 0. The van der Waals surface area contributed by atoms with Gasteiger partial charge in [0, 0.05) is 20.3 Å². The second kappa shape index (κ2) is 11.1. The molecule has 0 heterocycles. The van der Waals surface area contributed by atoms with Gasteiger partial charge in [-0.1, -0.05) is 26.0 Å². The molecule has 0 N–H and O–H groups in total. The van der Waals surface area contributed by atoms with Gasteiger partial charge in [-0.15, -0.1) is 0 Å². The Kier molecular flexibility index (Phi) is 12.2. The van der Waals surface area contributed by atoms with Crippen molar-refractivity contribution in [1.29, 1.82) is 0 Å². The number of methoxy groups -OCH3 is 1. The standard InChI is InChI=1S/C6H4BrNO2.C2H6O.C2H6/c7-5-3-1-2-4-6(5)8(9)10;1-3-2;1-2/h1-4H;1-2H3;1-2H3. The Balaban J connectivity index is 0. The molecular formula is C10H16BrNO3. The van der Waals surface area contributed by atoms with Crippen LogP contribution in [-0.4, -0.2) is 19.1 Å². The molecule has 0 bridgehead atoms. The van der Waals surface area contributed by atoms with E-state index in [1.54, 1.807) is 32.4 Å². The molecule has 15 heavy (non-hydrogen) atoms. The number of hydrogen-bond donors (Lipinski definition) is 0. The number of hydrogen-bond acceptors (Lipinski definition) is 3. The van der Waals surface area contributed by atoms with Crippen LogP contribution in [0.3, 0.4) is 0 Å². The van der Waals surface area contributed by atoms with E-state index < -0.39 is 4.92 Å². The summed E-state index contributed by atoms with van der Waals surface area (Å²) in [5.41, 5.74) is 0.0995. The molecule has 0 atom stereocenters. The Hall–Kier alpha value is -0.940. The number of nitrogens with zero attached hydrogens (tertiary/aromatic N) is 1. The molecule has 0 fully saturated rings. The normalized spacial score (nSPS) is 7.80. The van der Waals surface area contributed by atoms with Gasteiger partial charge < -0.3 is 4.74 Å². The van der Waals surface area contributed by atoms with Gasteiger partial charge in [-0.05, 0) is 22.0 Å². The van der Waals surface area contributed by atoms with E-state index in [2.05, 4.69) is 20.7 Å². The molecule has 0 aliphatic carbocycles. The number of benzene rings is 1. The van der Waals surface area contributed by atoms with Gasteiger partial charge in [0.15, 0.2) is 0 Å². The average molecular weight is 278 g/mol. The lowest BCUT2D eigenvalue weighted by Crippen LogP contribution is -1.87. The van der Waals surface area contributed by atoms with Gasteiger partial charge >= 0.3 is 0 Å². The van der Waals surface area contributed by atoms with Crippen LogP contribution in [0.4, 0.5) is 5.69 Å². The van der Waals surface area contributed by atoms with Gasteiger partial charge in [-0.25, -0.2) is 0 Å². The zero-order valence-corrected chi connectivity index (χ0v) is 10.9. The summed E-state index contributed by atoms with van der Waals surface area (Å²) >= 11 is 3.06. The van der Waals surface area contributed by atoms with Crippen molar-refractivity contribution in [2.75, 3.05) is 14.2 Å². The van der Waals surface area contributed by atoms with Crippen molar-refractivity contribution >= 4 is 21.6 Å². The van der Waals surface area contributed by atoms with E-state index >= 15 is 0 Å². The summed E-state index contributed by atoms with van der Waals surface area (Å²) in [6.45, 7) is 4.00. The second-order valence-corrected chi connectivity index (χ2v) is 2.97. The molecule has 0 aliphatic rings. The lowest BCUT2D eigenvalue weighted by molar-refractivity contribution is -0.385. The third kappa shape index (κ3) is 8.08. The van der Waals surface area contributed by atoms with E-state index in [1.807, 2.05) is 13.8 Å². The van der Waals surface area contributed by atoms with Crippen LogP contribution in [0.1, 0.15) is 13.8 Å². The Morgan fingerprint density at radius 1 is 1.27 bits per heavy atom. The maximum atomic E-state index is 10.2. The van der Waals surface area contributed by atoms with Crippen molar-refractivity contribution in [3.8, 4) is 0 Å². The molecule has 0 aliphatic heterocycles. The third-order valence-corrected chi connectivity index (χ3v) is 1.72. The van der Waals surface area contributed by atoms with E-state index in [4.69, 9.17) is 0 Å². The summed E-state index contributed by atoms with van der Waals surface area (Å²) in [6, 6.07) is 6.45. The lowest BCUT2D eigenvalue weighted by Gasteiger charge is -1.91. The predicted molar refractivity (Wildman–Crippen MR) is 65.1 cm³/mol. The van der Waals surface area contributed by atoms with E-state index in [9.17, 15) is 10.1 Å². The van der Waals surface area contributed by atoms with E-state index in [1.165, 1.54) is 6.07 Å². The molecule has 0 radical (unpaired) electrons. The van der Waals surface area contributed by atoms with Crippen molar-refractivity contribution in [2.45, 2.75) is 13.8 Å². The zero-order chi connectivity index (χ0) is 12.3. The van der Waals surface area contributed by atoms with Crippen LogP contribution in [0.25, 0.3) is 0 Å². The molecule has 1 rings (SSSR count). The van der Waals surface area contributed by atoms with Gasteiger partial charge in [-0.3, -0.25) is 10.1 Å². The fourth-order valence-corrected chi connectivity index (χ4v) is 1.03. The number of nitro benzene ring substituents is 1. The van der Waals surface area contributed by atoms with Crippen molar-refractivity contribution in [1.82, 2.24) is 0 Å². The summed E-state index contributed by atoms with van der Waals surface area (Å²) in [7, 11) is 3.25. The minimum atomic E-state index is -0.427. The Morgan fingerprint density at radius 3 is 1.93 bits per heavy atom.